The van der Waals surface area contributed by atoms with E-state index < -0.39 is 24.1 Å². The maximum atomic E-state index is 12.9. The van der Waals surface area contributed by atoms with Gasteiger partial charge in [0.15, 0.2) is 0 Å². The topological polar surface area (TPSA) is 104 Å². The second-order valence-electron chi connectivity index (χ2n) is 6.91. The van der Waals surface area contributed by atoms with Gasteiger partial charge < -0.3 is 21.5 Å². The minimum Gasteiger partial charge on any atom is -0.478 e. The normalized spacial score (nSPS) is 12.6. The lowest BCUT2D eigenvalue weighted by atomic mass is 9.94. The maximum absolute atomic E-state index is 12.9. The standard InChI is InChI=1S/C24H25N3O3/c1-2-18-19(23(28)29)14-9-15-20(18)26-24(30)27-22(17-12-7-4-8-13-17)21(25)16-10-5-3-6-11-16/h3-15,21-22H,2,25H2,1H3,(H,28,29)(H2,26,27,30)/t21-,22+/m0/s1. The van der Waals surface area contributed by atoms with Crippen molar-refractivity contribution in [2.45, 2.75) is 25.4 Å². The summed E-state index contributed by atoms with van der Waals surface area (Å²) in [5, 5.41) is 15.2. The first-order valence-corrected chi connectivity index (χ1v) is 9.79. The lowest BCUT2D eigenvalue weighted by molar-refractivity contribution is 0.0695. The van der Waals surface area contributed by atoms with E-state index in [1.165, 1.54) is 6.07 Å². The van der Waals surface area contributed by atoms with Crippen LogP contribution < -0.4 is 16.4 Å². The molecule has 0 aliphatic heterocycles. The summed E-state index contributed by atoms with van der Waals surface area (Å²) >= 11 is 0. The van der Waals surface area contributed by atoms with Crippen LogP contribution in [0.2, 0.25) is 0 Å². The molecule has 3 aromatic carbocycles. The minimum atomic E-state index is -1.02. The third-order valence-corrected chi connectivity index (χ3v) is 5.00. The number of carbonyl (C=O) groups is 2. The van der Waals surface area contributed by atoms with Crippen molar-refractivity contribution in [3.05, 3.63) is 101 Å². The summed E-state index contributed by atoms with van der Waals surface area (Å²) in [4.78, 5) is 24.3. The van der Waals surface area contributed by atoms with Crippen molar-refractivity contribution < 1.29 is 14.7 Å². The molecule has 30 heavy (non-hydrogen) atoms. The Kier molecular flexibility index (Phi) is 6.83. The lowest BCUT2D eigenvalue weighted by Crippen LogP contribution is -2.38. The Morgan fingerprint density at radius 3 is 2.07 bits per heavy atom. The van der Waals surface area contributed by atoms with Gasteiger partial charge in [0.1, 0.15) is 0 Å². The molecule has 2 amide bonds. The fraction of sp³-hybridized carbons (Fsp3) is 0.167. The molecule has 0 aliphatic carbocycles. The highest BCUT2D eigenvalue weighted by atomic mass is 16.4. The van der Waals surface area contributed by atoms with Crippen LogP contribution in [0.1, 0.15) is 46.1 Å². The highest BCUT2D eigenvalue weighted by Gasteiger charge is 2.24. The van der Waals surface area contributed by atoms with Gasteiger partial charge in [-0.15, -0.1) is 0 Å². The molecule has 0 fully saturated rings. The number of nitrogens with two attached hydrogens (primary N) is 1. The van der Waals surface area contributed by atoms with Gasteiger partial charge in [-0.1, -0.05) is 73.7 Å². The minimum absolute atomic E-state index is 0.177. The van der Waals surface area contributed by atoms with Crippen molar-refractivity contribution in [2.24, 2.45) is 5.73 Å². The summed E-state index contributed by atoms with van der Waals surface area (Å²) in [6.07, 6.45) is 0.476. The molecule has 0 saturated heterocycles. The van der Waals surface area contributed by atoms with Crippen molar-refractivity contribution >= 4 is 17.7 Å². The van der Waals surface area contributed by atoms with Crippen molar-refractivity contribution in [1.29, 1.82) is 0 Å². The smallest absolute Gasteiger partial charge is 0.336 e. The summed E-state index contributed by atoms with van der Waals surface area (Å²) in [5.74, 6) is -1.02. The lowest BCUT2D eigenvalue weighted by Gasteiger charge is -2.26. The number of hydrogen-bond donors (Lipinski definition) is 4. The quantitative estimate of drug-likeness (QED) is 0.466. The molecular formula is C24H25N3O3. The zero-order valence-corrected chi connectivity index (χ0v) is 16.7. The Bertz CT molecular complexity index is 1010. The van der Waals surface area contributed by atoms with E-state index in [2.05, 4.69) is 10.6 Å². The number of nitrogens with one attached hydrogen (secondary N) is 2. The van der Waals surface area contributed by atoms with Gasteiger partial charge in [-0.05, 0) is 35.2 Å². The van der Waals surface area contributed by atoms with Crippen LogP contribution in [0.4, 0.5) is 10.5 Å². The SMILES string of the molecule is CCc1c(NC(=O)N[C@H](c2ccccc2)[C@@H](N)c2ccccc2)cccc1C(=O)O. The van der Waals surface area contributed by atoms with Crippen molar-refractivity contribution in [1.82, 2.24) is 5.32 Å². The Balaban J connectivity index is 1.86. The van der Waals surface area contributed by atoms with E-state index in [9.17, 15) is 14.7 Å². The molecule has 6 heteroatoms. The molecule has 3 rings (SSSR count). The van der Waals surface area contributed by atoms with Crippen LogP contribution in [0.25, 0.3) is 0 Å². The van der Waals surface area contributed by atoms with Gasteiger partial charge in [-0.2, -0.15) is 0 Å². The molecule has 0 radical (unpaired) electrons. The molecule has 0 unspecified atom stereocenters. The van der Waals surface area contributed by atoms with Gasteiger partial charge in [0, 0.05) is 5.69 Å². The number of aromatic carboxylic acids is 1. The number of carboxylic acid groups (broad SMARTS) is 1. The number of anilines is 1. The van der Waals surface area contributed by atoms with Crippen LogP contribution in [0.15, 0.2) is 78.9 Å². The van der Waals surface area contributed by atoms with E-state index in [1.54, 1.807) is 12.1 Å². The number of hydrogen-bond acceptors (Lipinski definition) is 3. The highest BCUT2D eigenvalue weighted by Crippen LogP contribution is 2.27. The van der Waals surface area contributed by atoms with E-state index in [1.807, 2.05) is 67.6 Å². The number of benzene rings is 3. The fourth-order valence-electron chi connectivity index (χ4n) is 3.49. The predicted molar refractivity (Wildman–Crippen MR) is 117 cm³/mol. The van der Waals surface area contributed by atoms with Crippen LogP contribution in [-0.2, 0) is 6.42 Å². The van der Waals surface area contributed by atoms with Gasteiger partial charge in [-0.25, -0.2) is 9.59 Å². The van der Waals surface area contributed by atoms with Crippen molar-refractivity contribution in [3.8, 4) is 0 Å². The number of rotatable bonds is 7. The molecule has 0 aliphatic rings. The molecule has 0 saturated carbocycles. The molecule has 0 heterocycles. The van der Waals surface area contributed by atoms with Gasteiger partial charge in [0.25, 0.3) is 0 Å². The molecule has 6 nitrogen and oxygen atoms in total. The van der Waals surface area contributed by atoms with Crippen LogP contribution >= 0.6 is 0 Å². The first-order valence-electron chi connectivity index (χ1n) is 9.79. The zero-order valence-electron chi connectivity index (χ0n) is 16.7. The van der Waals surface area contributed by atoms with Crippen LogP contribution in [0.5, 0.6) is 0 Å². The first kappa shape index (κ1) is 21.1. The van der Waals surface area contributed by atoms with E-state index in [0.717, 1.165) is 11.1 Å². The largest absolute Gasteiger partial charge is 0.478 e. The van der Waals surface area contributed by atoms with E-state index >= 15 is 0 Å². The summed E-state index contributed by atoms with van der Waals surface area (Å²) in [7, 11) is 0. The van der Waals surface area contributed by atoms with Gasteiger partial charge in [0.2, 0.25) is 0 Å². The number of carbonyl (C=O) groups excluding carboxylic acids is 1. The van der Waals surface area contributed by atoms with Gasteiger partial charge in [-0.3, -0.25) is 0 Å². The molecule has 3 aromatic rings. The molecule has 0 bridgehead atoms. The molecular weight excluding hydrogens is 378 g/mol. The Hall–Kier alpha value is -3.64. The average Bonchev–Trinajstić information content (AvgIpc) is 2.78. The number of carboxylic acids is 1. The Morgan fingerprint density at radius 2 is 1.50 bits per heavy atom. The van der Waals surface area contributed by atoms with E-state index in [0.29, 0.717) is 17.7 Å². The second-order valence-corrected chi connectivity index (χ2v) is 6.91. The summed E-state index contributed by atoms with van der Waals surface area (Å²) < 4.78 is 0. The summed E-state index contributed by atoms with van der Waals surface area (Å²) in [6.45, 7) is 1.85. The Labute approximate surface area is 175 Å². The molecule has 0 aromatic heterocycles. The van der Waals surface area contributed by atoms with Gasteiger partial charge in [0.05, 0.1) is 17.6 Å². The maximum Gasteiger partial charge on any atom is 0.336 e. The second kappa shape index (κ2) is 9.71. The molecule has 154 valence electrons. The first-order chi connectivity index (χ1) is 14.5. The van der Waals surface area contributed by atoms with Crippen molar-refractivity contribution in [2.75, 3.05) is 5.32 Å². The average molecular weight is 403 g/mol. The monoisotopic (exact) mass is 403 g/mol. The zero-order chi connectivity index (χ0) is 21.5. The third-order valence-electron chi connectivity index (χ3n) is 5.00. The Morgan fingerprint density at radius 1 is 0.900 bits per heavy atom. The summed E-state index contributed by atoms with van der Waals surface area (Å²) in [5.41, 5.74) is 9.50. The molecule has 2 atom stereocenters. The number of amides is 2. The van der Waals surface area contributed by atoms with E-state index in [4.69, 9.17) is 5.73 Å². The van der Waals surface area contributed by atoms with Crippen LogP contribution in [0.3, 0.4) is 0 Å². The third kappa shape index (κ3) is 4.85. The fourth-order valence-corrected chi connectivity index (χ4v) is 3.49. The number of urea groups is 1. The molecule has 0 spiro atoms. The molecule has 5 N–H and O–H groups in total. The predicted octanol–water partition coefficient (Wildman–Crippen LogP) is 4.51. The van der Waals surface area contributed by atoms with Crippen LogP contribution in [0, 0.1) is 0 Å². The summed E-state index contributed by atoms with van der Waals surface area (Å²) in [6, 6.07) is 22.5. The van der Waals surface area contributed by atoms with Gasteiger partial charge >= 0.3 is 12.0 Å². The highest BCUT2D eigenvalue weighted by molar-refractivity contribution is 5.95. The van der Waals surface area contributed by atoms with Crippen LogP contribution in [-0.4, -0.2) is 17.1 Å². The van der Waals surface area contributed by atoms with Crippen molar-refractivity contribution in [3.63, 3.8) is 0 Å². The van der Waals surface area contributed by atoms with E-state index in [-0.39, 0.29) is 5.56 Å².